The summed E-state index contributed by atoms with van der Waals surface area (Å²) in [4.78, 5) is 20.9. The van der Waals surface area contributed by atoms with Crippen LogP contribution in [0.2, 0.25) is 0 Å². The second-order valence-corrected chi connectivity index (χ2v) is 4.12. The van der Waals surface area contributed by atoms with Gasteiger partial charge in [-0.05, 0) is 19.1 Å². The van der Waals surface area contributed by atoms with E-state index in [-0.39, 0.29) is 6.54 Å². The van der Waals surface area contributed by atoms with E-state index in [4.69, 9.17) is 4.52 Å². The second-order valence-electron chi connectivity index (χ2n) is 4.12. The number of aliphatic hydroxyl groups is 1. The van der Waals surface area contributed by atoms with E-state index in [1.807, 2.05) is 0 Å². The molecule has 2 aromatic heterocycles. The number of rotatable bonds is 4. The Hall–Kier alpha value is -2.28. The van der Waals surface area contributed by atoms with Gasteiger partial charge in [-0.3, -0.25) is 9.78 Å². The standard InChI is InChI=1S/C12H14N4O3/c1-8(17)12(18)16(2)7-10-14-11(15-19-10)9-3-5-13-6-4-9/h3-6,8,17H,7H2,1-2H3. The van der Waals surface area contributed by atoms with E-state index in [0.29, 0.717) is 11.7 Å². The van der Waals surface area contributed by atoms with E-state index in [1.54, 1.807) is 31.6 Å². The topological polar surface area (TPSA) is 92.3 Å². The summed E-state index contributed by atoms with van der Waals surface area (Å²) in [5.74, 6) is 0.349. The summed E-state index contributed by atoms with van der Waals surface area (Å²) in [7, 11) is 1.56. The molecule has 0 aliphatic heterocycles. The van der Waals surface area contributed by atoms with Crippen LogP contribution in [0.4, 0.5) is 0 Å². The molecule has 1 atom stereocenters. The summed E-state index contributed by atoms with van der Waals surface area (Å²) < 4.78 is 5.06. The molecule has 2 rings (SSSR count). The Kier molecular flexibility index (Phi) is 3.86. The van der Waals surface area contributed by atoms with Gasteiger partial charge in [0.1, 0.15) is 6.10 Å². The highest BCUT2D eigenvalue weighted by Crippen LogP contribution is 2.14. The molecule has 19 heavy (non-hydrogen) atoms. The van der Waals surface area contributed by atoms with E-state index >= 15 is 0 Å². The predicted octanol–water partition coefficient (Wildman–Crippen LogP) is 0.471. The summed E-state index contributed by atoms with van der Waals surface area (Å²) in [6.07, 6.45) is 2.22. The molecule has 1 N–H and O–H groups in total. The van der Waals surface area contributed by atoms with Crippen molar-refractivity contribution < 1.29 is 14.4 Å². The van der Waals surface area contributed by atoms with Gasteiger partial charge in [0.2, 0.25) is 11.7 Å². The molecule has 0 bridgehead atoms. The Bertz CT molecular complexity index is 553. The Morgan fingerprint density at radius 3 is 2.79 bits per heavy atom. The lowest BCUT2D eigenvalue weighted by molar-refractivity contribution is -0.138. The molecule has 0 aliphatic rings. The number of aliphatic hydroxyl groups excluding tert-OH is 1. The van der Waals surface area contributed by atoms with Crippen LogP contribution in [0.15, 0.2) is 29.0 Å². The lowest BCUT2D eigenvalue weighted by Gasteiger charge is -2.15. The van der Waals surface area contributed by atoms with Gasteiger partial charge in [0.25, 0.3) is 5.91 Å². The quantitative estimate of drug-likeness (QED) is 0.861. The summed E-state index contributed by atoms with van der Waals surface area (Å²) in [6, 6.07) is 3.53. The van der Waals surface area contributed by atoms with Crippen LogP contribution in [0.25, 0.3) is 11.4 Å². The fourth-order valence-corrected chi connectivity index (χ4v) is 1.54. The van der Waals surface area contributed by atoms with Crippen molar-refractivity contribution in [3.8, 4) is 11.4 Å². The zero-order valence-electron chi connectivity index (χ0n) is 10.6. The number of carbonyl (C=O) groups excluding carboxylic acids is 1. The summed E-state index contributed by atoms with van der Waals surface area (Å²) in [5.41, 5.74) is 0.787. The van der Waals surface area contributed by atoms with Crippen molar-refractivity contribution in [1.82, 2.24) is 20.0 Å². The number of amides is 1. The Labute approximate surface area is 109 Å². The average Bonchev–Trinajstić information content (AvgIpc) is 2.87. The molecule has 100 valence electrons. The monoisotopic (exact) mass is 262 g/mol. The first-order valence-electron chi connectivity index (χ1n) is 5.74. The van der Waals surface area contributed by atoms with Crippen molar-refractivity contribution in [3.05, 3.63) is 30.4 Å². The molecular formula is C12H14N4O3. The van der Waals surface area contributed by atoms with E-state index in [1.165, 1.54) is 11.8 Å². The maximum absolute atomic E-state index is 11.5. The van der Waals surface area contributed by atoms with Crippen molar-refractivity contribution in [2.45, 2.75) is 19.6 Å². The first kappa shape index (κ1) is 13.2. The highest BCUT2D eigenvalue weighted by Gasteiger charge is 2.17. The maximum Gasteiger partial charge on any atom is 0.251 e. The smallest absolute Gasteiger partial charge is 0.251 e. The zero-order chi connectivity index (χ0) is 13.8. The van der Waals surface area contributed by atoms with Gasteiger partial charge in [-0.1, -0.05) is 5.16 Å². The largest absolute Gasteiger partial charge is 0.384 e. The molecule has 0 fully saturated rings. The summed E-state index contributed by atoms with van der Waals surface area (Å²) in [6.45, 7) is 1.57. The molecule has 0 spiro atoms. The minimum atomic E-state index is -1.05. The predicted molar refractivity (Wildman–Crippen MR) is 65.7 cm³/mol. The van der Waals surface area contributed by atoms with Gasteiger partial charge in [-0.2, -0.15) is 4.98 Å². The maximum atomic E-state index is 11.5. The first-order valence-corrected chi connectivity index (χ1v) is 5.74. The molecule has 7 heteroatoms. The van der Waals surface area contributed by atoms with Crippen molar-refractivity contribution >= 4 is 5.91 Å². The van der Waals surface area contributed by atoms with Crippen LogP contribution in [0.3, 0.4) is 0 Å². The number of hydrogen-bond donors (Lipinski definition) is 1. The van der Waals surface area contributed by atoms with E-state index in [0.717, 1.165) is 5.56 Å². The second kappa shape index (κ2) is 5.57. The molecule has 1 unspecified atom stereocenters. The molecule has 0 aliphatic carbocycles. The fourth-order valence-electron chi connectivity index (χ4n) is 1.54. The number of aromatic nitrogens is 3. The molecule has 0 aromatic carbocycles. The van der Waals surface area contributed by atoms with Crippen molar-refractivity contribution in [3.63, 3.8) is 0 Å². The number of carbonyl (C=O) groups is 1. The normalized spacial score (nSPS) is 12.2. The first-order chi connectivity index (χ1) is 9.08. The lowest BCUT2D eigenvalue weighted by Crippen LogP contribution is -2.34. The van der Waals surface area contributed by atoms with Crippen molar-refractivity contribution in [2.24, 2.45) is 0 Å². The Morgan fingerprint density at radius 1 is 1.47 bits per heavy atom. The minimum absolute atomic E-state index is 0.155. The molecule has 2 aromatic rings. The van der Waals surface area contributed by atoms with Crippen LogP contribution < -0.4 is 0 Å². The summed E-state index contributed by atoms with van der Waals surface area (Å²) in [5, 5.41) is 13.0. The van der Waals surface area contributed by atoms with Gasteiger partial charge < -0.3 is 14.5 Å². The van der Waals surface area contributed by atoms with Gasteiger partial charge in [0.15, 0.2) is 0 Å². The number of hydrogen-bond acceptors (Lipinski definition) is 6. The van der Waals surface area contributed by atoms with Gasteiger partial charge in [0, 0.05) is 25.0 Å². The lowest BCUT2D eigenvalue weighted by atomic mass is 10.2. The van der Waals surface area contributed by atoms with Gasteiger partial charge >= 0.3 is 0 Å². The highest BCUT2D eigenvalue weighted by atomic mass is 16.5. The molecule has 0 radical (unpaired) electrons. The Morgan fingerprint density at radius 2 is 2.16 bits per heavy atom. The van der Waals surface area contributed by atoms with Gasteiger partial charge in [0.05, 0.1) is 6.54 Å². The zero-order valence-corrected chi connectivity index (χ0v) is 10.6. The molecule has 0 saturated carbocycles. The highest BCUT2D eigenvalue weighted by molar-refractivity contribution is 5.79. The van der Waals surface area contributed by atoms with Gasteiger partial charge in [-0.15, -0.1) is 0 Å². The van der Waals surface area contributed by atoms with Crippen LogP contribution in [-0.4, -0.2) is 44.2 Å². The van der Waals surface area contributed by atoms with Crippen molar-refractivity contribution in [2.75, 3.05) is 7.05 Å². The Balaban J connectivity index is 2.08. The molecule has 2 heterocycles. The molecule has 0 saturated heterocycles. The summed E-state index contributed by atoms with van der Waals surface area (Å²) >= 11 is 0. The van der Waals surface area contributed by atoms with Gasteiger partial charge in [-0.25, -0.2) is 0 Å². The van der Waals surface area contributed by atoms with Crippen LogP contribution in [0, 0.1) is 0 Å². The molecule has 7 nitrogen and oxygen atoms in total. The van der Waals surface area contributed by atoms with Crippen molar-refractivity contribution in [1.29, 1.82) is 0 Å². The van der Waals surface area contributed by atoms with E-state index in [9.17, 15) is 9.90 Å². The van der Waals surface area contributed by atoms with Crippen LogP contribution in [0.5, 0.6) is 0 Å². The number of likely N-dealkylation sites (N-methyl/N-ethyl adjacent to an activating group) is 1. The SMILES string of the molecule is CC(O)C(=O)N(C)Cc1nc(-c2ccncc2)no1. The average molecular weight is 262 g/mol. The molecular weight excluding hydrogens is 248 g/mol. The number of pyridine rings is 1. The fraction of sp³-hybridized carbons (Fsp3) is 0.333. The third-order valence-electron chi connectivity index (χ3n) is 2.51. The molecule has 1 amide bonds. The van der Waals surface area contributed by atoms with Crippen LogP contribution in [0.1, 0.15) is 12.8 Å². The third kappa shape index (κ3) is 3.14. The van der Waals surface area contributed by atoms with Crippen LogP contribution in [-0.2, 0) is 11.3 Å². The van der Waals surface area contributed by atoms with E-state index in [2.05, 4.69) is 15.1 Å². The number of nitrogens with zero attached hydrogens (tertiary/aromatic N) is 4. The van der Waals surface area contributed by atoms with Crippen LogP contribution >= 0.6 is 0 Å². The minimum Gasteiger partial charge on any atom is -0.384 e. The van der Waals surface area contributed by atoms with E-state index < -0.39 is 12.0 Å². The third-order valence-corrected chi connectivity index (χ3v) is 2.51.